The van der Waals surface area contributed by atoms with Crippen LogP contribution in [0.3, 0.4) is 0 Å². The molecule has 0 bridgehead atoms. The second-order valence-corrected chi connectivity index (χ2v) is 3.60. The van der Waals surface area contributed by atoms with Crippen molar-refractivity contribution in [3.05, 3.63) is 41.5 Å². The van der Waals surface area contributed by atoms with Crippen molar-refractivity contribution >= 4 is 28.0 Å². The molecule has 0 saturated heterocycles. The van der Waals surface area contributed by atoms with Crippen LogP contribution in [0.25, 0.3) is 6.08 Å². The number of rotatable bonds is 4. The van der Waals surface area contributed by atoms with Gasteiger partial charge in [-0.1, -0.05) is 40.2 Å². The van der Waals surface area contributed by atoms with Gasteiger partial charge in [0.25, 0.3) is 0 Å². The van der Waals surface area contributed by atoms with Crippen molar-refractivity contribution in [1.29, 1.82) is 0 Å². The first-order valence-electron chi connectivity index (χ1n) is 4.29. The molecule has 0 amide bonds. The fourth-order valence-corrected chi connectivity index (χ4v) is 1.61. The zero-order valence-electron chi connectivity index (χ0n) is 7.61. The Morgan fingerprint density at radius 3 is 2.79 bits per heavy atom. The molecule has 1 aromatic rings. The Morgan fingerprint density at radius 2 is 2.14 bits per heavy atom. The summed E-state index contributed by atoms with van der Waals surface area (Å²) in [5.41, 5.74) is 2.12. The third-order valence-electron chi connectivity index (χ3n) is 1.82. The monoisotopic (exact) mass is 254 g/mol. The van der Waals surface area contributed by atoms with Crippen LogP contribution in [0.1, 0.15) is 11.1 Å². The van der Waals surface area contributed by atoms with E-state index in [1.807, 2.05) is 24.3 Å². The topological polar surface area (TPSA) is 37.3 Å². The predicted octanol–water partition coefficient (Wildman–Crippen LogP) is 2.72. The summed E-state index contributed by atoms with van der Waals surface area (Å²) < 4.78 is 0. The van der Waals surface area contributed by atoms with Crippen LogP contribution >= 0.6 is 15.9 Å². The van der Waals surface area contributed by atoms with E-state index in [0.29, 0.717) is 0 Å². The molecule has 0 saturated carbocycles. The molecule has 3 heteroatoms. The zero-order chi connectivity index (χ0) is 10.4. The number of carboxylic acids is 1. The summed E-state index contributed by atoms with van der Waals surface area (Å²) >= 11 is 3.36. The molecule has 0 spiro atoms. The fraction of sp³-hybridized carbons (Fsp3) is 0.182. The van der Waals surface area contributed by atoms with E-state index in [4.69, 9.17) is 5.11 Å². The highest BCUT2D eigenvalue weighted by Gasteiger charge is 1.97. The first-order chi connectivity index (χ1) is 6.74. The number of hydrogen-bond donors (Lipinski definition) is 1. The third kappa shape index (κ3) is 3.34. The Hall–Kier alpha value is -1.09. The molecule has 1 N–H and O–H groups in total. The molecule has 0 aromatic heterocycles. The Bertz CT molecular complexity index is 345. The number of benzene rings is 1. The number of halogens is 1. The standard InChI is InChI=1S/C11H11BrO2/c12-8-7-10-4-2-1-3-9(10)5-6-11(13)14/h1-6H,7-8H2,(H,13,14)/b6-5+. The van der Waals surface area contributed by atoms with Gasteiger partial charge in [0.05, 0.1) is 0 Å². The molecule has 14 heavy (non-hydrogen) atoms. The van der Waals surface area contributed by atoms with E-state index in [1.165, 1.54) is 0 Å². The predicted molar refractivity (Wildman–Crippen MR) is 60.6 cm³/mol. The van der Waals surface area contributed by atoms with Crippen LogP contribution in [0.4, 0.5) is 0 Å². The van der Waals surface area contributed by atoms with Gasteiger partial charge in [-0.25, -0.2) is 4.79 Å². The molecular formula is C11H11BrO2. The molecule has 0 unspecified atom stereocenters. The minimum atomic E-state index is -0.918. The first-order valence-corrected chi connectivity index (χ1v) is 5.41. The van der Waals surface area contributed by atoms with Gasteiger partial charge in [0.1, 0.15) is 0 Å². The Kier molecular flexibility index (Phi) is 4.40. The van der Waals surface area contributed by atoms with Crippen LogP contribution in [0.2, 0.25) is 0 Å². The lowest BCUT2D eigenvalue weighted by molar-refractivity contribution is -0.131. The molecule has 0 aliphatic carbocycles. The molecule has 0 fully saturated rings. The van der Waals surface area contributed by atoms with Crippen LogP contribution in [0.5, 0.6) is 0 Å². The van der Waals surface area contributed by atoms with Gasteiger partial charge in [0, 0.05) is 11.4 Å². The number of aliphatic carboxylic acids is 1. The second-order valence-electron chi connectivity index (χ2n) is 2.81. The van der Waals surface area contributed by atoms with Gasteiger partial charge in [-0.15, -0.1) is 0 Å². The number of alkyl halides is 1. The van der Waals surface area contributed by atoms with E-state index >= 15 is 0 Å². The summed E-state index contributed by atoms with van der Waals surface area (Å²) in [6.07, 6.45) is 3.69. The maximum atomic E-state index is 10.3. The largest absolute Gasteiger partial charge is 0.478 e. The van der Waals surface area contributed by atoms with Crippen molar-refractivity contribution in [3.8, 4) is 0 Å². The minimum absolute atomic E-state index is 0.880. The summed E-state index contributed by atoms with van der Waals surface area (Å²) in [7, 11) is 0. The van der Waals surface area contributed by atoms with Crippen LogP contribution in [-0.4, -0.2) is 16.4 Å². The number of aryl methyl sites for hydroxylation is 1. The van der Waals surface area contributed by atoms with E-state index < -0.39 is 5.97 Å². The van der Waals surface area contributed by atoms with Gasteiger partial charge in [-0.2, -0.15) is 0 Å². The SMILES string of the molecule is O=C(O)/C=C/c1ccccc1CCBr. The first kappa shape index (κ1) is 11.0. The molecule has 0 radical (unpaired) electrons. The molecule has 74 valence electrons. The van der Waals surface area contributed by atoms with Crippen LogP contribution < -0.4 is 0 Å². The van der Waals surface area contributed by atoms with Crippen molar-refractivity contribution in [2.24, 2.45) is 0 Å². The molecule has 0 aliphatic heterocycles. The molecule has 0 aliphatic rings. The Balaban J connectivity index is 2.89. The molecule has 1 rings (SSSR count). The van der Waals surface area contributed by atoms with Gasteiger partial charge in [-0.3, -0.25) is 0 Å². The number of carboxylic acid groups (broad SMARTS) is 1. The van der Waals surface area contributed by atoms with Crippen molar-refractivity contribution in [3.63, 3.8) is 0 Å². The quantitative estimate of drug-likeness (QED) is 0.663. The number of hydrogen-bond acceptors (Lipinski definition) is 1. The zero-order valence-corrected chi connectivity index (χ0v) is 9.20. The highest BCUT2D eigenvalue weighted by Crippen LogP contribution is 2.12. The van der Waals surface area contributed by atoms with Crippen molar-refractivity contribution < 1.29 is 9.90 Å². The van der Waals surface area contributed by atoms with Gasteiger partial charge in [0.2, 0.25) is 0 Å². The van der Waals surface area contributed by atoms with Crippen molar-refractivity contribution in [1.82, 2.24) is 0 Å². The second kappa shape index (κ2) is 5.60. The lowest BCUT2D eigenvalue weighted by atomic mass is 10.1. The fourth-order valence-electron chi connectivity index (χ4n) is 1.19. The van der Waals surface area contributed by atoms with Gasteiger partial charge < -0.3 is 5.11 Å². The van der Waals surface area contributed by atoms with Crippen LogP contribution in [0.15, 0.2) is 30.3 Å². The summed E-state index contributed by atoms with van der Waals surface area (Å²) in [6, 6.07) is 7.77. The van der Waals surface area contributed by atoms with E-state index in [0.717, 1.165) is 29.0 Å². The average molecular weight is 255 g/mol. The molecule has 2 nitrogen and oxygen atoms in total. The van der Waals surface area contributed by atoms with Crippen molar-refractivity contribution in [2.45, 2.75) is 6.42 Å². The van der Waals surface area contributed by atoms with Gasteiger partial charge in [-0.05, 0) is 23.6 Å². The Morgan fingerprint density at radius 1 is 1.43 bits per heavy atom. The van der Waals surface area contributed by atoms with Crippen molar-refractivity contribution in [2.75, 3.05) is 5.33 Å². The molecule has 0 heterocycles. The maximum Gasteiger partial charge on any atom is 0.328 e. The minimum Gasteiger partial charge on any atom is -0.478 e. The Labute approximate surface area is 91.4 Å². The van der Waals surface area contributed by atoms with E-state index in [2.05, 4.69) is 15.9 Å². The van der Waals surface area contributed by atoms with E-state index in [-0.39, 0.29) is 0 Å². The highest BCUT2D eigenvalue weighted by molar-refractivity contribution is 9.09. The van der Waals surface area contributed by atoms with Gasteiger partial charge >= 0.3 is 5.97 Å². The highest BCUT2D eigenvalue weighted by atomic mass is 79.9. The van der Waals surface area contributed by atoms with Gasteiger partial charge in [0.15, 0.2) is 0 Å². The molecular weight excluding hydrogens is 244 g/mol. The molecule has 0 atom stereocenters. The molecule has 1 aromatic carbocycles. The lowest BCUT2D eigenvalue weighted by Crippen LogP contribution is -1.91. The number of carbonyl (C=O) groups is 1. The maximum absolute atomic E-state index is 10.3. The summed E-state index contributed by atoms with van der Waals surface area (Å²) in [5.74, 6) is -0.918. The van der Waals surface area contributed by atoms with Crippen LogP contribution in [0, 0.1) is 0 Å². The van der Waals surface area contributed by atoms with E-state index in [9.17, 15) is 4.79 Å². The third-order valence-corrected chi connectivity index (χ3v) is 2.22. The summed E-state index contributed by atoms with van der Waals surface area (Å²) in [4.78, 5) is 10.3. The van der Waals surface area contributed by atoms with Crippen LogP contribution in [-0.2, 0) is 11.2 Å². The normalized spacial score (nSPS) is 10.6. The van der Waals surface area contributed by atoms with E-state index in [1.54, 1.807) is 6.08 Å². The summed E-state index contributed by atoms with van der Waals surface area (Å²) in [6.45, 7) is 0. The average Bonchev–Trinajstić information content (AvgIpc) is 2.17. The summed E-state index contributed by atoms with van der Waals surface area (Å²) in [5, 5.41) is 9.38. The smallest absolute Gasteiger partial charge is 0.328 e. The lowest BCUT2D eigenvalue weighted by Gasteiger charge is -2.02.